The zero-order chi connectivity index (χ0) is 16.8. The monoisotopic (exact) mass is 323 g/mol. The van der Waals surface area contributed by atoms with Crippen molar-refractivity contribution in [1.29, 1.82) is 0 Å². The zero-order valence-electron chi connectivity index (χ0n) is 13.7. The summed E-state index contributed by atoms with van der Waals surface area (Å²) in [4.78, 5) is 38.1. The highest BCUT2D eigenvalue weighted by molar-refractivity contribution is 6.08. The van der Waals surface area contributed by atoms with Crippen LogP contribution in [0, 0.1) is 11.8 Å². The quantitative estimate of drug-likeness (QED) is 0.658. The van der Waals surface area contributed by atoms with E-state index in [1.165, 1.54) is 0 Å². The minimum Gasteiger partial charge on any atom is -0.373 e. The number of carbonyl (C=O) groups excluding carboxylic acids is 3. The molecule has 3 aliphatic heterocycles. The highest BCUT2D eigenvalue weighted by Crippen LogP contribution is 2.48. The van der Waals surface area contributed by atoms with Gasteiger partial charge in [-0.15, -0.1) is 0 Å². The van der Waals surface area contributed by atoms with Gasteiger partial charge in [0.15, 0.2) is 0 Å². The van der Waals surface area contributed by atoms with E-state index in [0.29, 0.717) is 6.54 Å². The standard InChI is InChI=1S/C16H25N3O4/c1-3-16(17,4-2)8-18-11(20)7-19-14(21)12-9-5-6-10(23-9)13(12)15(19)22/h9-10,12-13H,3-8,17H2,1-2H3,(H,18,20). The number of hydrogen-bond acceptors (Lipinski definition) is 5. The molecule has 3 saturated heterocycles. The summed E-state index contributed by atoms with van der Waals surface area (Å²) in [7, 11) is 0. The van der Waals surface area contributed by atoms with Gasteiger partial charge in [-0.2, -0.15) is 0 Å². The Morgan fingerprint density at radius 1 is 1.22 bits per heavy atom. The minimum absolute atomic E-state index is 0.147. The van der Waals surface area contributed by atoms with E-state index in [2.05, 4.69) is 5.32 Å². The average molecular weight is 323 g/mol. The Bertz CT molecular complexity index is 503. The van der Waals surface area contributed by atoms with Crippen molar-refractivity contribution in [3.05, 3.63) is 0 Å². The summed E-state index contributed by atoms with van der Waals surface area (Å²) in [6.07, 6.45) is 2.85. The summed E-state index contributed by atoms with van der Waals surface area (Å²) in [6.45, 7) is 4.07. The molecule has 0 radical (unpaired) electrons. The fourth-order valence-electron chi connectivity index (χ4n) is 3.90. The van der Waals surface area contributed by atoms with Gasteiger partial charge < -0.3 is 15.8 Å². The van der Waals surface area contributed by atoms with E-state index in [9.17, 15) is 14.4 Å². The molecule has 4 unspecified atom stereocenters. The van der Waals surface area contributed by atoms with Crippen LogP contribution in [0.5, 0.6) is 0 Å². The Kier molecular flexibility index (Phi) is 4.18. The van der Waals surface area contributed by atoms with E-state index in [-0.39, 0.29) is 48.3 Å². The number of carbonyl (C=O) groups is 3. The minimum atomic E-state index is -0.446. The van der Waals surface area contributed by atoms with Crippen LogP contribution in [0.4, 0.5) is 0 Å². The van der Waals surface area contributed by atoms with Gasteiger partial charge in [0, 0.05) is 12.1 Å². The number of rotatable bonds is 6. The molecule has 0 aliphatic carbocycles. The van der Waals surface area contributed by atoms with Gasteiger partial charge in [-0.05, 0) is 25.7 Å². The van der Waals surface area contributed by atoms with Crippen LogP contribution in [0.25, 0.3) is 0 Å². The molecule has 7 nitrogen and oxygen atoms in total. The third-order valence-electron chi connectivity index (χ3n) is 5.72. The molecule has 0 aromatic carbocycles. The van der Waals surface area contributed by atoms with Gasteiger partial charge in [0.1, 0.15) is 6.54 Å². The van der Waals surface area contributed by atoms with Gasteiger partial charge in [-0.3, -0.25) is 19.3 Å². The van der Waals surface area contributed by atoms with Crippen molar-refractivity contribution >= 4 is 17.7 Å². The maximum absolute atomic E-state index is 12.5. The van der Waals surface area contributed by atoms with E-state index in [0.717, 1.165) is 30.6 Å². The molecular formula is C16H25N3O4. The van der Waals surface area contributed by atoms with Crippen molar-refractivity contribution in [2.24, 2.45) is 17.6 Å². The van der Waals surface area contributed by atoms with E-state index in [1.54, 1.807) is 0 Å². The highest BCUT2D eigenvalue weighted by atomic mass is 16.5. The van der Waals surface area contributed by atoms with Crippen molar-refractivity contribution in [2.45, 2.75) is 57.3 Å². The number of fused-ring (bicyclic) bond motifs is 5. The van der Waals surface area contributed by atoms with Crippen molar-refractivity contribution in [3.63, 3.8) is 0 Å². The maximum atomic E-state index is 12.5. The number of imide groups is 1. The van der Waals surface area contributed by atoms with Crippen molar-refractivity contribution in [1.82, 2.24) is 10.2 Å². The van der Waals surface area contributed by atoms with Crippen LogP contribution in [0.2, 0.25) is 0 Å². The second-order valence-corrected chi connectivity index (χ2v) is 6.95. The van der Waals surface area contributed by atoms with Crippen LogP contribution in [0.1, 0.15) is 39.5 Å². The maximum Gasteiger partial charge on any atom is 0.240 e. The fraction of sp³-hybridized carbons (Fsp3) is 0.812. The third kappa shape index (κ3) is 2.65. The first-order valence-electron chi connectivity index (χ1n) is 8.46. The predicted molar refractivity (Wildman–Crippen MR) is 82.1 cm³/mol. The Hall–Kier alpha value is -1.47. The van der Waals surface area contributed by atoms with Crippen LogP contribution in [-0.2, 0) is 19.1 Å². The third-order valence-corrected chi connectivity index (χ3v) is 5.72. The van der Waals surface area contributed by atoms with E-state index in [1.807, 2.05) is 13.8 Å². The lowest BCUT2D eigenvalue weighted by Crippen LogP contribution is -2.51. The Morgan fingerprint density at radius 3 is 2.22 bits per heavy atom. The van der Waals surface area contributed by atoms with Crippen LogP contribution < -0.4 is 11.1 Å². The van der Waals surface area contributed by atoms with Crippen LogP contribution in [-0.4, -0.2) is 53.5 Å². The van der Waals surface area contributed by atoms with Crippen molar-refractivity contribution in [3.8, 4) is 0 Å². The van der Waals surface area contributed by atoms with E-state index >= 15 is 0 Å². The van der Waals surface area contributed by atoms with Crippen LogP contribution in [0.3, 0.4) is 0 Å². The fourth-order valence-corrected chi connectivity index (χ4v) is 3.90. The molecule has 4 atom stereocenters. The van der Waals surface area contributed by atoms with Crippen molar-refractivity contribution < 1.29 is 19.1 Å². The Balaban J connectivity index is 1.59. The predicted octanol–water partition coefficient (Wildman–Crippen LogP) is -0.217. The molecule has 3 aliphatic rings. The first-order chi connectivity index (χ1) is 10.9. The first-order valence-corrected chi connectivity index (χ1v) is 8.46. The number of hydrogen-bond donors (Lipinski definition) is 2. The van der Waals surface area contributed by atoms with Gasteiger partial charge in [0.25, 0.3) is 0 Å². The largest absolute Gasteiger partial charge is 0.373 e. The second kappa shape index (κ2) is 5.87. The number of nitrogens with two attached hydrogens (primary N) is 1. The first kappa shape index (κ1) is 16.4. The van der Waals surface area contributed by atoms with E-state index < -0.39 is 5.54 Å². The average Bonchev–Trinajstić information content (AvgIpc) is 3.22. The summed E-state index contributed by atoms with van der Waals surface area (Å²) >= 11 is 0. The molecule has 3 fully saturated rings. The van der Waals surface area contributed by atoms with Gasteiger partial charge in [0.05, 0.1) is 24.0 Å². The summed E-state index contributed by atoms with van der Waals surface area (Å²) in [6, 6.07) is 0. The van der Waals surface area contributed by atoms with Crippen molar-refractivity contribution in [2.75, 3.05) is 13.1 Å². The number of ether oxygens (including phenoxy) is 1. The van der Waals surface area contributed by atoms with Gasteiger partial charge in [0.2, 0.25) is 17.7 Å². The molecule has 23 heavy (non-hydrogen) atoms. The molecule has 3 N–H and O–H groups in total. The number of likely N-dealkylation sites (tertiary alicyclic amines) is 1. The van der Waals surface area contributed by atoms with Gasteiger partial charge in [-0.25, -0.2) is 0 Å². The van der Waals surface area contributed by atoms with Crippen LogP contribution >= 0.6 is 0 Å². The van der Waals surface area contributed by atoms with Crippen LogP contribution in [0.15, 0.2) is 0 Å². The number of nitrogens with zero attached hydrogens (tertiary/aromatic N) is 1. The Morgan fingerprint density at radius 2 is 1.74 bits per heavy atom. The molecule has 3 heterocycles. The summed E-state index contributed by atoms with van der Waals surface area (Å²) in [5, 5.41) is 2.76. The van der Waals surface area contributed by atoms with Gasteiger partial charge >= 0.3 is 0 Å². The van der Waals surface area contributed by atoms with E-state index in [4.69, 9.17) is 10.5 Å². The highest BCUT2D eigenvalue weighted by Gasteiger charge is 2.62. The summed E-state index contributed by atoms with van der Waals surface area (Å²) < 4.78 is 5.67. The molecule has 128 valence electrons. The smallest absolute Gasteiger partial charge is 0.240 e. The lowest BCUT2D eigenvalue weighted by Gasteiger charge is -2.27. The molecule has 3 rings (SSSR count). The lowest BCUT2D eigenvalue weighted by atomic mass is 9.81. The molecule has 0 aromatic heterocycles. The number of nitrogens with one attached hydrogen (secondary N) is 1. The lowest BCUT2D eigenvalue weighted by molar-refractivity contribution is -0.146. The second-order valence-electron chi connectivity index (χ2n) is 6.95. The normalized spacial score (nSPS) is 32.6. The van der Waals surface area contributed by atoms with Gasteiger partial charge in [-0.1, -0.05) is 13.8 Å². The molecule has 7 heteroatoms. The summed E-state index contributed by atoms with van der Waals surface area (Å²) in [5.74, 6) is -1.61. The topological polar surface area (TPSA) is 102 Å². The molecule has 0 saturated carbocycles. The summed E-state index contributed by atoms with van der Waals surface area (Å²) in [5.41, 5.74) is 5.70. The number of amides is 3. The molecule has 0 aromatic rings. The Labute approximate surface area is 135 Å². The molecule has 2 bridgehead atoms. The molecule has 3 amide bonds. The molecule has 0 spiro atoms. The molecular weight excluding hydrogens is 298 g/mol. The SMILES string of the molecule is CCC(N)(CC)CNC(=O)CN1C(=O)C2C3CCC(O3)C2C1=O. The zero-order valence-corrected chi connectivity index (χ0v) is 13.7.